The average Bonchev–Trinajstić information content (AvgIpc) is 2.24. The van der Waals surface area contributed by atoms with Crippen molar-refractivity contribution in [3.8, 4) is 0 Å². The minimum absolute atomic E-state index is 0.664. The maximum atomic E-state index is 3.69. The molecule has 2 unspecified atom stereocenters. The maximum Gasteiger partial charge on any atom is 0.0383 e. The Labute approximate surface area is 107 Å². The standard InChI is InChI=1S/C14H20BrN/c1-10-4-3-5-13(8-10)16-14-9-12(15)7-6-11(14)2/h6-7,9-10,13,16H,3-5,8H2,1-2H3. The lowest BCUT2D eigenvalue weighted by molar-refractivity contribution is 0.358. The molecule has 88 valence electrons. The van der Waals surface area contributed by atoms with Crippen molar-refractivity contribution in [2.75, 3.05) is 5.32 Å². The maximum absolute atomic E-state index is 3.69. The number of hydrogen-bond acceptors (Lipinski definition) is 1. The first-order valence-electron chi connectivity index (χ1n) is 6.18. The Balaban J connectivity index is 2.05. The number of hydrogen-bond donors (Lipinski definition) is 1. The van der Waals surface area contributed by atoms with Crippen LogP contribution in [0.3, 0.4) is 0 Å². The van der Waals surface area contributed by atoms with Crippen molar-refractivity contribution in [3.05, 3.63) is 28.2 Å². The quantitative estimate of drug-likeness (QED) is 0.825. The highest BCUT2D eigenvalue weighted by atomic mass is 79.9. The van der Waals surface area contributed by atoms with Crippen LogP contribution in [0.2, 0.25) is 0 Å². The van der Waals surface area contributed by atoms with E-state index in [1.54, 1.807) is 0 Å². The van der Waals surface area contributed by atoms with Gasteiger partial charge in [-0.05, 0) is 43.4 Å². The smallest absolute Gasteiger partial charge is 0.0383 e. The van der Waals surface area contributed by atoms with Crippen LogP contribution in [0.1, 0.15) is 38.2 Å². The molecule has 0 bridgehead atoms. The Morgan fingerprint density at radius 1 is 1.31 bits per heavy atom. The molecule has 0 aliphatic heterocycles. The Morgan fingerprint density at radius 2 is 2.12 bits per heavy atom. The van der Waals surface area contributed by atoms with Crippen LogP contribution in [0, 0.1) is 12.8 Å². The van der Waals surface area contributed by atoms with Gasteiger partial charge < -0.3 is 5.32 Å². The number of halogens is 1. The summed E-state index contributed by atoms with van der Waals surface area (Å²) in [5.74, 6) is 0.874. The number of rotatable bonds is 2. The summed E-state index contributed by atoms with van der Waals surface area (Å²) in [5.41, 5.74) is 2.62. The molecule has 1 aliphatic carbocycles. The van der Waals surface area contributed by atoms with E-state index in [1.165, 1.54) is 36.9 Å². The number of anilines is 1. The minimum Gasteiger partial charge on any atom is -0.382 e. The van der Waals surface area contributed by atoms with Crippen molar-refractivity contribution >= 4 is 21.6 Å². The average molecular weight is 282 g/mol. The van der Waals surface area contributed by atoms with Crippen LogP contribution in [0.25, 0.3) is 0 Å². The van der Waals surface area contributed by atoms with Gasteiger partial charge in [-0.1, -0.05) is 41.8 Å². The van der Waals surface area contributed by atoms with Crippen molar-refractivity contribution in [1.29, 1.82) is 0 Å². The molecule has 16 heavy (non-hydrogen) atoms. The first-order chi connectivity index (χ1) is 7.65. The molecule has 1 aromatic carbocycles. The highest BCUT2D eigenvalue weighted by Crippen LogP contribution is 2.28. The third-order valence-electron chi connectivity index (χ3n) is 3.50. The number of benzene rings is 1. The zero-order chi connectivity index (χ0) is 11.5. The largest absolute Gasteiger partial charge is 0.382 e. The zero-order valence-electron chi connectivity index (χ0n) is 10.1. The van der Waals surface area contributed by atoms with Crippen molar-refractivity contribution in [1.82, 2.24) is 0 Å². The molecule has 1 aliphatic rings. The van der Waals surface area contributed by atoms with Gasteiger partial charge in [0.1, 0.15) is 0 Å². The summed E-state index contributed by atoms with van der Waals surface area (Å²) < 4.78 is 1.16. The molecule has 2 heteroatoms. The van der Waals surface area contributed by atoms with E-state index in [4.69, 9.17) is 0 Å². The second kappa shape index (κ2) is 5.22. The molecule has 0 saturated heterocycles. The van der Waals surface area contributed by atoms with E-state index in [1.807, 2.05) is 0 Å². The summed E-state index contributed by atoms with van der Waals surface area (Å²) in [6, 6.07) is 7.12. The van der Waals surface area contributed by atoms with Gasteiger partial charge in [-0.25, -0.2) is 0 Å². The van der Waals surface area contributed by atoms with Crippen LogP contribution < -0.4 is 5.32 Å². The van der Waals surface area contributed by atoms with Gasteiger partial charge in [0.2, 0.25) is 0 Å². The minimum atomic E-state index is 0.664. The molecule has 0 radical (unpaired) electrons. The third-order valence-corrected chi connectivity index (χ3v) is 3.99. The molecule has 0 amide bonds. The van der Waals surface area contributed by atoms with Crippen LogP contribution >= 0.6 is 15.9 Å². The van der Waals surface area contributed by atoms with Gasteiger partial charge in [0, 0.05) is 16.2 Å². The van der Waals surface area contributed by atoms with Crippen molar-refractivity contribution in [3.63, 3.8) is 0 Å². The fraction of sp³-hybridized carbons (Fsp3) is 0.571. The Hall–Kier alpha value is -0.500. The Bertz CT molecular complexity index is 362. The van der Waals surface area contributed by atoms with Crippen LogP contribution in [0.5, 0.6) is 0 Å². The molecule has 1 N–H and O–H groups in total. The fourth-order valence-corrected chi connectivity index (χ4v) is 2.90. The second-order valence-corrected chi connectivity index (χ2v) is 5.99. The second-order valence-electron chi connectivity index (χ2n) is 5.07. The molecule has 0 spiro atoms. The molecular weight excluding hydrogens is 262 g/mol. The summed E-state index contributed by atoms with van der Waals surface area (Å²) in [6.45, 7) is 4.53. The van der Waals surface area contributed by atoms with E-state index >= 15 is 0 Å². The van der Waals surface area contributed by atoms with Gasteiger partial charge in [0.25, 0.3) is 0 Å². The monoisotopic (exact) mass is 281 g/mol. The molecule has 1 fully saturated rings. The topological polar surface area (TPSA) is 12.0 Å². The van der Waals surface area contributed by atoms with E-state index in [-0.39, 0.29) is 0 Å². The molecule has 1 saturated carbocycles. The van der Waals surface area contributed by atoms with Crippen LogP contribution in [-0.4, -0.2) is 6.04 Å². The molecule has 2 atom stereocenters. The normalized spacial score (nSPS) is 25.4. The lowest BCUT2D eigenvalue weighted by atomic mass is 9.87. The van der Waals surface area contributed by atoms with Crippen molar-refractivity contribution in [2.24, 2.45) is 5.92 Å². The van der Waals surface area contributed by atoms with Gasteiger partial charge in [0.05, 0.1) is 0 Å². The van der Waals surface area contributed by atoms with Gasteiger partial charge >= 0.3 is 0 Å². The van der Waals surface area contributed by atoms with Crippen molar-refractivity contribution < 1.29 is 0 Å². The van der Waals surface area contributed by atoms with E-state index in [2.05, 4.69) is 53.3 Å². The molecule has 2 rings (SSSR count). The summed E-state index contributed by atoms with van der Waals surface area (Å²) >= 11 is 3.53. The molecule has 1 nitrogen and oxygen atoms in total. The third kappa shape index (κ3) is 3.00. The number of aryl methyl sites for hydroxylation is 1. The van der Waals surface area contributed by atoms with Gasteiger partial charge in [-0.3, -0.25) is 0 Å². The summed E-state index contributed by atoms with van der Waals surface area (Å²) in [5, 5.41) is 3.69. The highest BCUT2D eigenvalue weighted by molar-refractivity contribution is 9.10. The molecule has 0 aromatic heterocycles. The predicted molar refractivity (Wildman–Crippen MR) is 73.9 cm³/mol. The molecule has 0 heterocycles. The summed E-state index contributed by atoms with van der Waals surface area (Å²) in [7, 11) is 0. The van der Waals surface area contributed by atoms with E-state index < -0.39 is 0 Å². The lowest BCUT2D eigenvalue weighted by Gasteiger charge is -2.29. The van der Waals surface area contributed by atoms with E-state index in [9.17, 15) is 0 Å². The van der Waals surface area contributed by atoms with Crippen LogP contribution in [-0.2, 0) is 0 Å². The first kappa shape index (κ1) is 12.0. The van der Waals surface area contributed by atoms with Gasteiger partial charge in [-0.2, -0.15) is 0 Å². The predicted octanol–water partition coefficient (Wildman–Crippen LogP) is 4.75. The number of nitrogens with one attached hydrogen (secondary N) is 1. The van der Waals surface area contributed by atoms with E-state index in [0.29, 0.717) is 6.04 Å². The summed E-state index contributed by atoms with van der Waals surface area (Å²) in [4.78, 5) is 0. The van der Waals surface area contributed by atoms with Crippen LogP contribution in [0.15, 0.2) is 22.7 Å². The summed E-state index contributed by atoms with van der Waals surface area (Å²) in [6.07, 6.45) is 5.39. The molecule has 1 aromatic rings. The zero-order valence-corrected chi connectivity index (χ0v) is 11.7. The van der Waals surface area contributed by atoms with E-state index in [0.717, 1.165) is 10.4 Å². The Morgan fingerprint density at radius 3 is 2.88 bits per heavy atom. The SMILES string of the molecule is Cc1ccc(Br)cc1NC1CCCC(C)C1. The van der Waals surface area contributed by atoms with Gasteiger partial charge in [-0.15, -0.1) is 0 Å². The Kier molecular flexibility index (Phi) is 3.91. The highest BCUT2D eigenvalue weighted by Gasteiger charge is 2.18. The van der Waals surface area contributed by atoms with Crippen LogP contribution in [0.4, 0.5) is 5.69 Å². The molecular formula is C14H20BrN. The first-order valence-corrected chi connectivity index (χ1v) is 6.97. The lowest BCUT2D eigenvalue weighted by Crippen LogP contribution is -2.26. The van der Waals surface area contributed by atoms with Gasteiger partial charge in [0.15, 0.2) is 0 Å². The van der Waals surface area contributed by atoms with Crippen molar-refractivity contribution in [2.45, 2.75) is 45.6 Å². The fourth-order valence-electron chi connectivity index (χ4n) is 2.53.